The molecule has 0 fully saturated rings. The lowest BCUT2D eigenvalue weighted by Gasteiger charge is -2.10. The Morgan fingerprint density at radius 3 is 2.54 bits per heavy atom. The fraction of sp³-hybridized carbons (Fsp3) is 0.150. The SMILES string of the molecule is COc1ccc(Cl)cc1C(=O)NCCc1cnc(-c2ccccc2)nc1. The van der Waals surface area contributed by atoms with Gasteiger partial charge in [-0.2, -0.15) is 0 Å². The van der Waals surface area contributed by atoms with Crippen molar-refractivity contribution in [2.75, 3.05) is 13.7 Å². The molecule has 1 N–H and O–H groups in total. The third-order valence-electron chi connectivity index (χ3n) is 3.84. The van der Waals surface area contributed by atoms with Crippen LogP contribution in [0.15, 0.2) is 60.9 Å². The number of halogens is 1. The smallest absolute Gasteiger partial charge is 0.255 e. The second kappa shape index (κ2) is 8.45. The lowest BCUT2D eigenvalue weighted by Crippen LogP contribution is -2.26. The molecule has 26 heavy (non-hydrogen) atoms. The molecule has 6 heteroatoms. The van der Waals surface area contributed by atoms with Crippen molar-refractivity contribution in [3.8, 4) is 17.1 Å². The van der Waals surface area contributed by atoms with Crippen LogP contribution in [0.1, 0.15) is 15.9 Å². The predicted molar refractivity (Wildman–Crippen MR) is 102 cm³/mol. The molecule has 2 aromatic carbocycles. The number of nitrogens with one attached hydrogen (secondary N) is 1. The lowest BCUT2D eigenvalue weighted by molar-refractivity contribution is 0.0951. The second-order valence-electron chi connectivity index (χ2n) is 5.63. The van der Waals surface area contributed by atoms with E-state index in [-0.39, 0.29) is 5.91 Å². The fourth-order valence-electron chi connectivity index (χ4n) is 2.49. The van der Waals surface area contributed by atoms with Crippen molar-refractivity contribution in [2.45, 2.75) is 6.42 Å². The standard InChI is InChI=1S/C20H18ClN3O2/c1-26-18-8-7-16(21)11-17(18)20(25)22-10-9-14-12-23-19(24-13-14)15-5-3-2-4-6-15/h2-8,11-13H,9-10H2,1H3,(H,22,25). The number of ether oxygens (including phenoxy) is 1. The zero-order valence-corrected chi connectivity index (χ0v) is 15.0. The zero-order valence-electron chi connectivity index (χ0n) is 14.3. The Balaban J connectivity index is 1.58. The van der Waals surface area contributed by atoms with Crippen LogP contribution in [0.5, 0.6) is 5.75 Å². The molecule has 3 aromatic rings. The Morgan fingerprint density at radius 1 is 1.12 bits per heavy atom. The number of carbonyl (C=O) groups excluding carboxylic acids is 1. The lowest BCUT2D eigenvalue weighted by atomic mass is 10.1. The minimum atomic E-state index is -0.230. The molecule has 0 spiro atoms. The van der Waals surface area contributed by atoms with Gasteiger partial charge in [-0.15, -0.1) is 0 Å². The molecule has 132 valence electrons. The maximum atomic E-state index is 12.3. The van der Waals surface area contributed by atoms with Gasteiger partial charge in [0.15, 0.2) is 5.82 Å². The Labute approximate surface area is 157 Å². The normalized spacial score (nSPS) is 10.4. The first-order valence-corrected chi connectivity index (χ1v) is 8.53. The number of rotatable bonds is 6. The number of nitrogens with zero attached hydrogens (tertiary/aromatic N) is 2. The second-order valence-corrected chi connectivity index (χ2v) is 6.07. The summed E-state index contributed by atoms with van der Waals surface area (Å²) >= 11 is 5.96. The molecule has 5 nitrogen and oxygen atoms in total. The molecule has 1 heterocycles. The van der Waals surface area contributed by atoms with Gasteiger partial charge in [0.05, 0.1) is 12.7 Å². The van der Waals surface area contributed by atoms with Crippen LogP contribution < -0.4 is 10.1 Å². The average molecular weight is 368 g/mol. The number of carbonyl (C=O) groups is 1. The molecular weight excluding hydrogens is 350 g/mol. The molecule has 3 rings (SSSR count). The fourth-order valence-corrected chi connectivity index (χ4v) is 2.67. The Hall–Kier alpha value is -2.92. The topological polar surface area (TPSA) is 64.1 Å². The summed E-state index contributed by atoms with van der Waals surface area (Å²) in [6.07, 6.45) is 4.19. The number of amides is 1. The molecule has 0 unspecified atom stereocenters. The van der Waals surface area contributed by atoms with E-state index in [1.807, 2.05) is 30.3 Å². The first-order valence-electron chi connectivity index (χ1n) is 8.15. The molecule has 1 amide bonds. The van der Waals surface area contributed by atoms with Gasteiger partial charge in [-0.1, -0.05) is 41.9 Å². The van der Waals surface area contributed by atoms with Crippen molar-refractivity contribution >= 4 is 17.5 Å². The van der Waals surface area contributed by atoms with Crippen molar-refractivity contribution in [1.29, 1.82) is 0 Å². The molecular formula is C20H18ClN3O2. The van der Waals surface area contributed by atoms with Crippen molar-refractivity contribution in [3.63, 3.8) is 0 Å². The van der Waals surface area contributed by atoms with Gasteiger partial charge >= 0.3 is 0 Å². The van der Waals surface area contributed by atoms with Crippen molar-refractivity contribution < 1.29 is 9.53 Å². The molecule has 0 saturated heterocycles. The Bertz CT molecular complexity index is 883. The van der Waals surface area contributed by atoms with Crippen LogP contribution in [-0.2, 0) is 6.42 Å². The van der Waals surface area contributed by atoms with Crippen molar-refractivity contribution in [1.82, 2.24) is 15.3 Å². The molecule has 0 atom stereocenters. The minimum absolute atomic E-state index is 0.230. The van der Waals surface area contributed by atoms with E-state index >= 15 is 0 Å². The summed E-state index contributed by atoms with van der Waals surface area (Å²) in [5, 5.41) is 3.35. The summed E-state index contributed by atoms with van der Waals surface area (Å²) in [4.78, 5) is 21.1. The highest BCUT2D eigenvalue weighted by Gasteiger charge is 2.12. The van der Waals surface area contributed by atoms with Crippen LogP contribution >= 0.6 is 11.6 Å². The first kappa shape index (κ1) is 17.9. The number of benzene rings is 2. The minimum Gasteiger partial charge on any atom is -0.496 e. The third-order valence-corrected chi connectivity index (χ3v) is 4.08. The number of hydrogen-bond donors (Lipinski definition) is 1. The summed E-state index contributed by atoms with van der Waals surface area (Å²) in [6.45, 7) is 0.461. The summed E-state index contributed by atoms with van der Waals surface area (Å²) in [7, 11) is 1.52. The Morgan fingerprint density at radius 2 is 1.85 bits per heavy atom. The highest BCUT2D eigenvalue weighted by Crippen LogP contribution is 2.22. The summed E-state index contributed by atoms with van der Waals surface area (Å²) < 4.78 is 5.20. The quantitative estimate of drug-likeness (QED) is 0.720. The third kappa shape index (κ3) is 4.37. The van der Waals surface area contributed by atoms with Crippen LogP contribution in [0.2, 0.25) is 5.02 Å². The van der Waals surface area contributed by atoms with E-state index in [0.29, 0.717) is 35.1 Å². The van der Waals surface area contributed by atoms with Crippen LogP contribution in [0.3, 0.4) is 0 Å². The summed E-state index contributed by atoms with van der Waals surface area (Å²) in [6, 6.07) is 14.7. The van der Waals surface area contributed by atoms with E-state index in [1.54, 1.807) is 30.6 Å². The molecule has 0 aliphatic carbocycles. The van der Waals surface area contributed by atoms with Gasteiger partial charge in [0.2, 0.25) is 0 Å². The van der Waals surface area contributed by atoms with Crippen LogP contribution in [0.4, 0.5) is 0 Å². The van der Waals surface area contributed by atoms with E-state index in [4.69, 9.17) is 16.3 Å². The summed E-state index contributed by atoms with van der Waals surface area (Å²) in [5.41, 5.74) is 2.33. The van der Waals surface area contributed by atoms with Gasteiger partial charge in [0.25, 0.3) is 5.91 Å². The van der Waals surface area contributed by atoms with Gasteiger partial charge in [-0.05, 0) is 30.2 Å². The Kier molecular flexibility index (Phi) is 5.81. The molecule has 0 aliphatic heterocycles. The van der Waals surface area contributed by atoms with Crippen LogP contribution in [0, 0.1) is 0 Å². The largest absolute Gasteiger partial charge is 0.496 e. The predicted octanol–water partition coefficient (Wildman–Crippen LogP) is 3.78. The van der Waals surface area contributed by atoms with Crippen molar-refractivity contribution in [3.05, 3.63) is 77.1 Å². The molecule has 1 aromatic heterocycles. The molecule has 0 radical (unpaired) electrons. The van der Waals surface area contributed by atoms with E-state index in [0.717, 1.165) is 11.1 Å². The zero-order chi connectivity index (χ0) is 18.4. The van der Waals surface area contributed by atoms with Crippen LogP contribution in [-0.4, -0.2) is 29.5 Å². The number of methoxy groups -OCH3 is 1. The number of hydrogen-bond acceptors (Lipinski definition) is 4. The van der Waals surface area contributed by atoms with Gasteiger partial charge in [-0.3, -0.25) is 4.79 Å². The van der Waals surface area contributed by atoms with Gasteiger partial charge in [0, 0.05) is 29.5 Å². The maximum Gasteiger partial charge on any atom is 0.255 e. The monoisotopic (exact) mass is 367 g/mol. The highest BCUT2D eigenvalue weighted by atomic mass is 35.5. The van der Waals surface area contributed by atoms with E-state index < -0.39 is 0 Å². The molecule has 0 bridgehead atoms. The maximum absolute atomic E-state index is 12.3. The average Bonchev–Trinajstić information content (AvgIpc) is 2.69. The highest BCUT2D eigenvalue weighted by molar-refractivity contribution is 6.31. The molecule has 0 saturated carbocycles. The summed E-state index contributed by atoms with van der Waals surface area (Å²) in [5.74, 6) is 0.940. The van der Waals surface area contributed by atoms with Gasteiger partial charge in [0.1, 0.15) is 5.75 Å². The van der Waals surface area contributed by atoms with Crippen LogP contribution in [0.25, 0.3) is 11.4 Å². The van der Waals surface area contributed by atoms with E-state index in [2.05, 4.69) is 15.3 Å². The van der Waals surface area contributed by atoms with Crippen molar-refractivity contribution in [2.24, 2.45) is 0 Å². The number of aromatic nitrogens is 2. The van der Waals surface area contributed by atoms with Gasteiger partial charge < -0.3 is 10.1 Å². The molecule has 0 aliphatic rings. The van der Waals surface area contributed by atoms with Gasteiger partial charge in [-0.25, -0.2) is 9.97 Å². The van der Waals surface area contributed by atoms with E-state index in [1.165, 1.54) is 7.11 Å². The van der Waals surface area contributed by atoms with E-state index in [9.17, 15) is 4.79 Å². The first-order chi connectivity index (χ1) is 12.7.